The Balaban J connectivity index is 3.15. The molecule has 0 bridgehead atoms. The van der Waals surface area contributed by atoms with Crippen LogP contribution in [0.2, 0.25) is 0 Å². The summed E-state index contributed by atoms with van der Waals surface area (Å²) in [5.74, 6) is -1.23. The number of aromatic carboxylic acids is 1. The van der Waals surface area contributed by atoms with E-state index in [2.05, 4.69) is 4.72 Å². The van der Waals surface area contributed by atoms with Crippen LogP contribution in [0.1, 0.15) is 15.9 Å². The van der Waals surface area contributed by atoms with Gasteiger partial charge in [0.2, 0.25) is 10.0 Å². The highest BCUT2D eigenvalue weighted by atomic mass is 32.2. The zero-order chi connectivity index (χ0) is 14.6. The lowest BCUT2D eigenvalue weighted by molar-refractivity contribution is 0.0696. The highest BCUT2D eigenvalue weighted by Crippen LogP contribution is 2.16. The Kier molecular flexibility index (Phi) is 5.01. The minimum absolute atomic E-state index is 0.118. The minimum atomic E-state index is -3.99. The molecule has 0 fully saturated rings. The van der Waals surface area contributed by atoms with Crippen LogP contribution in [-0.2, 0) is 10.0 Å². The molecule has 0 heterocycles. The minimum Gasteiger partial charge on any atom is -0.478 e. The Hall–Kier alpha value is -1.48. The third-order valence-electron chi connectivity index (χ3n) is 2.51. The van der Waals surface area contributed by atoms with Crippen molar-refractivity contribution in [1.82, 2.24) is 4.72 Å². The Labute approximate surface area is 110 Å². The van der Waals surface area contributed by atoms with E-state index >= 15 is 0 Å². The molecule has 1 aromatic carbocycles. The maximum Gasteiger partial charge on any atom is 0.335 e. The number of carboxylic acid groups (broad SMARTS) is 1. The summed E-state index contributed by atoms with van der Waals surface area (Å²) < 4.78 is 25.9. The van der Waals surface area contributed by atoms with Gasteiger partial charge >= 0.3 is 5.97 Å². The molecular formula is C11H15NO6S. The maximum atomic E-state index is 11.9. The van der Waals surface area contributed by atoms with Crippen LogP contribution in [0.15, 0.2) is 23.1 Å². The lowest BCUT2D eigenvalue weighted by atomic mass is 10.1. The first kappa shape index (κ1) is 15.6. The first-order valence-electron chi connectivity index (χ1n) is 5.39. The normalized spacial score (nSPS) is 11.8. The van der Waals surface area contributed by atoms with Gasteiger partial charge in [0.1, 0.15) is 0 Å². The molecule has 0 spiro atoms. The average Bonchev–Trinajstić information content (AvgIpc) is 2.35. The van der Waals surface area contributed by atoms with Gasteiger partial charge in [-0.3, -0.25) is 0 Å². The van der Waals surface area contributed by atoms with E-state index in [0.717, 1.165) is 6.07 Å². The molecule has 0 aliphatic rings. The first-order chi connectivity index (χ1) is 8.81. The van der Waals surface area contributed by atoms with Crippen molar-refractivity contribution < 1.29 is 28.5 Å². The lowest BCUT2D eigenvalue weighted by Gasteiger charge is -2.14. The highest BCUT2D eigenvalue weighted by molar-refractivity contribution is 7.89. The second-order valence-electron chi connectivity index (χ2n) is 3.97. The number of nitrogens with one attached hydrogen (secondary N) is 1. The van der Waals surface area contributed by atoms with E-state index in [1.54, 1.807) is 6.92 Å². The number of sulfonamides is 1. The Morgan fingerprint density at radius 2 is 1.89 bits per heavy atom. The Morgan fingerprint density at radius 1 is 1.32 bits per heavy atom. The molecule has 19 heavy (non-hydrogen) atoms. The molecule has 1 rings (SSSR count). The van der Waals surface area contributed by atoms with E-state index in [1.165, 1.54) is 12.1 Å². The van der Waals surface area contributed by atoms with Gasteiger partial charge in [0, 0.05) is 0 Å². The molecule has 0 saturated heterocycles. The molecule has 0 aliphatic heterocycles. The van der Waals surface area contributed by atoms with Gasteiger partial charge in [-0.15, -0.1) is 0 Å². The number of carbonyl (C=O) groups is 1. The number of aliphatic hydroxyl groups excluding tert-OH is 2. The Bertz CT molecular complexity index is 565. The molecular weight excluding hydrogens is 274 g/mol. The van der Waals surface area contributed by atoms with Gasteiger partial charge in [0.15, 0.2) is 0 Å². The zero-order valence-corrected chi connectivity index (χ0v) is 11.0. The number of rotatable bonds is 6. The van der Waals surface area contributed by atoms with Crippen molar-refractivity contribution >= 4 is 16.0 Å². The van der Waals surface area contributed by atoms with Crippen LogP contribution in [0.4, 0.5) is 0 Å². The smallest absolute Gasteiger partial charge is 0.335 e. The number of aliphatic hydroxyl groups is 2. The van der Waals surface area contributed by atoms with E-state index in [1.807, 2.05) is 0 Å². The van der Waals surface area contributed by atoms with Crippen LogP contribution in [0.5, 0.6) is 0 Å². The molecule has 7 nitrogen and oxygen atoms in total. The number of aryl methyl sites for hydroxylation is 1. The van der Waals surface area contributed by atoms with E-state index in [-0.39, 0.29) is 10.5 Å². The zero-order valence-electron chi connectivity index (χ0n) is 10.2. The van der Waals surface area contributed by atoms with Crippen molar-refractivity contribution in [1.29, 1.82) is 0 Å². The summed E-state index contributed by atoms with van der Waals surface area (Å²) in [4.78, 5) is 10.7. The van der Waals surface area contributed by atoms with Gasteiger partial charge in [-0.25, -0.2) is 17.9 Å². The fourth-order valence-corrected chi connectivity index (χ4v) is 2.66. The summed E-state index contributed by atoms with van der Waals surface area (Å²) in [5.41, 5.74) is 0.319. The van der Waals surface area contributed by atoms with Gasteiger partial charge < -0.3 is 15.3 Å². The van der Waals surface area contributed by atoms with Crippen molar-refractivity contribution in [3.05, 3.63) is 29.3 Å². The fraction of sp³-hybridized carbons (Fsp3) is 0.364. The average molecular weight is 289 g/mol. The van der Waals surface area contributed by atoms with Crippen molar-refractivity contribution in [2.75, 3.05) is 13.2 Å². The van der Waals surface area contributed by atoms with Crippen LogP contribution < -0.4 is 4.72 Å². The van der Waals surface area contributed by atoms with E-state index < -0.39 is 35.2 Å². The van der Waals surface area contributed by atoms with Crippen LogP contribution in [-0.4, -0.2) is 49.0 Å². The third kappa shape index (κ3) is 3.74. The predicted octanol–water partition coefficient (Wildman–Crippen LogP) is -0.675. The molecule has 0 radical (unpaired) electrons. The van der Waals surface area contributed by atoms with E-state index in [9.17, 15) is 13.2 Å². The first-order valence-corrected chi connectivity index (χ1v) is 6.88. The third-order valence-corrected chi connectivity index (χ3v) is 4.03. The largest absolute Gasteiger partial charge is 0.478 e. The van der Waals surface area contributed by atoms with Crippen molar-refractivity contribution in [3.8, 4) is 0 Å². The summed E-state index contributed by atoms with van der Waals surface area (Å²) in [6.45, 7) is 0.429. The SMILES string of the molecule is Cc1ccc(S(=O)(=O)NC(CO)CO)cc1C(=O)O. The van der Waals surface area contributed by atoms with Crippen molar-refractivity contribution in [2.24, 2.45) is 0 Å². The molecule has 0 aromatic heterocycles. The van der Waals surface area contributed by atoms with Gasteiger partial charge in [-0.05, 0) is 24.6 Å². The molecule has 106 valence electrons. The van der Waals surface area contributed by atoms with Crippen LogP contribution in [0, 0.1) is 6.92 Å². The fourth-order valence-electron chi connectivity index (χ4n) is 1.42. The predicted molar refractivity (Wildman–Crippen MR) is 66.4 cm³/mol. The summed E-state index contributed by atoms with van der Waals surface area (Å²) in [6, 6.07) is 2.65. The highest BCUT2D eigenvalue weighted by Gasteiger charge is 2.21. The number of hydrogen-bond donors (Lipinski definition) is 4. The molecule has 8 heteroatoms. The molecule has 0 amide bonds. The van der Waals surface area contributed by atoms with Gasteiger partial charge in [-0.1, -0.05) is 6.07 Å². The van der Waals surface area contributed by atoms with Crippen molar-refractivity contribution in [3.63, 3.8) is 0 Å². The summed E-state index contributed by atoms with van der Waals surface area (Å²) in [7, 11) is -3.99. The maximum absolute atomic E-state index is 11.9. The summed E-state index contributed by atoms with van der Waals surface area (Å²) in [5, 5.41) is 26.6. The monoisotopic (exact) mass is 289 g/mol. The molecule has 0 saturated carbocycles. The molecule has 4 N–H and O–H groups in total. The number of hydrogen-bond acceptors (Lipinski definition) is 5. The Morgan fingerprint density at radius 3 is 2.37 bits per heavy atom. The van der Waals surface area contributed by atoms with E-state index in [4.69, 9.17) is 15.3 Å². The van der Waals surface area contributed by atoms with E-state index in [0.29, 0.717) is 5.56 Å². The number of benzene rings is 1. The van der Waals surface area contributed by atoms with Gasteiger partial charge in [-0.2, -0.15) is 0 Å². The van der Waals surface area contributed by atoms with Crippen molar-refractivity contribution in [2.45, 2.75) is 17.9 Å². The second-order valence-corrected chi connectivity index (χ2v) is 5.68. The van der Waals surface area contributed by atoms with Gasteiger partial charge in [0.25, 0.3) is 0 Å². The van der Waals surface area contributed by atoms with Crippen LogP contribution >= 0.6 is 0 Å². The van der Waals surface area contributed by atoms with Crippen LogP contribution in [0.3, 0.4) is 0 Å². The quantitative estimate of drug-likeness (QED) is 0.550. The second kappa shape index (κ2) is 6.11. The molecule has 0 unspecified atom stereocenters. The standard InChI is InChI=1S/C11H15NO6S/c1-7-2-3-9(4-10(7)11(15)16)19(17,18)12-8(5-13)6-14/h2-4,8,12-14H,5-6H2,1H3,(H,15,16). The van der Waals surface area contributed by atoms with Gasteiger partial charge in [0.05, 0.1) is 29.7 Å². The summed E-state index contributed by atoms with van der Waals surface area (Å²) >= 11 is 0. The topological polar surface area (TPSA) is 124 Å². The number of carboxylic acids is 1. The summed E-state index contributed by atoms with van der Waals surface area (Å²) in [6.07, 6.45) is 0. The van der Waals surface area contributed by atoms with Crippen LogP contribution in [0.25, 0.3) is 0 Å². The molecule has 0 atom stereocenters. The lowest BCUT2D eigenvalue weighted by Crippen LogP contribution is -2.40. The molecule has 0 aliphatic carbocycles. The molecule has 1 aromatic rings.